The molecule has 28 heavy (non-hydrogen) atoms. The minimum Gasteiger partial charge on any atom is -0.478 e. The number of carboxylic acid groups (broad SMARTS) is 1. The fourth-order valence-corrected chi connectivity index (χ4v) is 2.56. The van der Waals surface area contributed by atoms with Gasteiger partial charge in [0.1, 0.15) is 17.1 Å². The van der Waals surface area contributed by atoms with Crippen molar-refractivity contribution in [3.8, 4) is 11.5 Å². The fraction of sp³-hybridized carbons (Fsp3) is 0. The molecule has 0 radical (unpaired) electrons. The summed E-state index contributed by atoms with van der Waals surface area (Å²) in [6.45, 7) is 0. The van der Waals surface area contributed by atoms with E-state index in [0.29, 0.717) is 17.2 Å². The van der Waals surface area contributed by atoms with Gasteiger partial charge < -0.3 is 15.2 Å². The summed E-state index contributed by atoms with van der Waals surface area (Å²) in [7, 11) is 0. The van der Waals surface area contributed by atoms with Crippen LogP contribution in [0.2, 0.25) is 0 Å². The topological polar surface area (TPSA) is 119 Å². The van der Waals surface area contributed by atoms with Crippen LogP contribution in [0.5, 0.6) is 11.5 Å². The van der Waals surface area contributed by atoms with Crippen LogP contribution >= 0.6 is 0 Å². The van der Waals surface area contributed by atoms with Gasteiger partial charge in [-0.05, 0) is 30.3 Å². The van der Waals surface area contributed by atoms with E-state index in [1.54, 1.807) is 30.3 Å². The standard InChI is InChI=1S/C20H14N2O6/c23-19(18-16(20(24)25)10-5-11-17(18)22(26)27)21-13-6-4-9-15(12-13)28-14-7-2-1-3-8-14/h1-12H,(H,21,23)(H,24,25). The number of carbonyl (C=O) groups excluding carboxylic acids is 1. The third-order valence-corrected chi connectivity index (χ3v) is 3.77. The van der Waals surface area contributed by atoms with Crippen molar-refractivity contribution in [3.05, 3.63) is 94.0 Å². The van der Waals surface area contributed by atoms with Crippen LogP contribution in [0, 0.1) is 10.1 Å². The molecular formula is C20H14N2O6. The molecule has 0 saturated carbocycles. The quantitative estimate of drug-likeness (QED) is 0.486. The molecule has 140 valence electrons. The van der Waals surface area contributed by atoms with Crippen LogP contribution in [0.4, 0.5) is 11.4 Å². The second-order valence-electron chi connectivity index (χ2n) is 5.66. The SMILES string of the molecule is O=C(O)c1cccc([N+](=O)[O-])c1C(=O)Nc1cccc(Oc2ccccc2)c1. The van der Waals surface area contributed by atoms with Gasteiger partial charge in [-0.15, -0.1) is 0 Å². The van der Waals surface area contributed by atoms with Crippen LogP contribution in [0.1, 0.15) is 20.7 Å². The molecule has 0 spiro atoms. The zero-order chi connectivity index (χ0) is 20.1. The van der Waals surface area contributed by atoms with Gasteiger partial charge in [-0.25, -0.2) is 4.79 Å². The maximum absolute atomic E-state index is 12.6. The summed E-state index contributed by atoms with van der Waals surface area (Å²) in [6, 6.07) is 18.8. The van der Waals surface area contributed by atoms with Crippen LogP contribution < -0.4 is 10.1 Å². The van der Waals surface area contributed by atoms with Crippen molar-refractivity contribution in [1.29, 1.82) is 0 Å². The largest absolute Gasteiger partial charge is 0.478 e. The van der Waals surface area contributed by atoms with E-state index in [1.165, 1.54) is 12.1 Å². The predicted molar refractivity (Wildman–Crippen MR) is 101 cm³/mol. The van der Waals surface area contributed by atoms with Crippen molar-refractivity contribution in [1.82, 2.24) is 0 Å². The molecule has 8 heteroatoms. The third-order valence-electron chi connectivity index (χ3n) is 3.77. The summed E-state index contributed by atoms with van der Waals surface area (Å²) in [6.07, 6.45) is 0. The summed E-state index contributed by atoms with van der Waals surface area (Å²) in [5.41, 5.74) is -1.26. The third kappa shape index (κ3) is 4.13. The molecule has 0 aromatic heterocycles. The van der Waals surface area contributed by atoms with Crippen LogP contribution in [-0.2, 0) is 0 Å². The maximum atomic E-state index is 12.6. The van der Waals surface area contributed by atoms with Gasteiger partial charge in [0.2, 0.25) is 0 Å². The lowest BCUT2D eigenvalue weighted by molar-refractivity contribution is -0.385. The first kappa shape index (κ1) is 18.6. The van der Waals surface area contributed by atoms with Crippen molar-refractivity contribution in [3.63, 3.8) is 0 Å². The molecule has 3 aromatic rings. The van der Waals surface area contributed by atoms with Gasteiger partial charge >= 0.3 is 5.97 Å². The molecule has 0 fully saturated rings. The normalized spacial score (nSPS) is 10.1. The summed E-state index contributed by atoms with van der Waals surface area (Å²) >= 11 is 0. The van der Waals surface area contributed by atoms with Crippen molar-refractivity contribution >= 4 is 23.3 Å². The zero-order valence-corrected chi connectivity index (χ0v) is 14.4. The number of rotatable bonds is 6. The number of carbonyl (C=O) groups is 2. The number of benzene rings is 3. The Labute approximate surface area is 159 Å². The molecule has 0 aliphatic heterocycles. The van der Waals surface area contributed by atoms with E-state index in [1.807, 2.05) is 18.2 Å². The molecule has 0 bridgehead atoms. The second kappa shape index (κ2) is 8.00. The number of nitro benzene ring substituents is 1. The average Bonchev–Trinajstić information content (AvgIpc) is 2.68. The Bertz CT molecular complexity index is 1020. The van der Waals surface area contributed by atoms with E-state index in [0.717, 1.165) is 12.1 Å². The van der Waals surface area contributed by atoms with E-state index in [2.05, 4.69) is 5.32 Å². The lowest BCUT2D eigenvalue weighted by atomic mass is 10.0. The number of nitrogens with zero attached hydrogens (tertiary/aromatic N) is 1. The number of hydrogen-bond acceptors (Lipinski definition) is 5. The Morgan fingerprint density at radius 1 is 0.929 bits per heavy atom. The number of nitro groups is 1. The highest BCUT2D eigenvalue weighted by atomic mass is 16.6. The van der Waals surface area contributed by atoms with E-state index in [-0.39, 0.29) is 0 Å². The monoisotopic (exact) mass is 378 g/mol. The first-order valence-corrected chi connectivity index (χ1v) is 8.10. The average molecular weight is 378 g/mol. The summed E-state index contributed by atoms with van der Waals surface area (Å²) in [5.74, 6) is -1.31. The predicted octanol–water partition coefficient (Wildman–Crippen LogP) is 4.34. The number of nitrogens with one attached hydrogen (secondary N) is 1. The Morgan fingerprint density at radius 2 is 1.61 bits per heavy atom. The summed E-state index contributed by atoms with van der Waals surface area (Å²) in [5, 5.41) is 23.0. The van der Waals surface area contributed by atoms with Crippen molar-refractivity contribution in [2.75, 3.05) is 5.32 Å². The molecular weight excluding hydrogens is 364 g/mol. The van der Waals surface area contributed by atoms with Gasteiger partial charge in [-0.2, -0.15) is 0 Å². The summed E-state index contributed by atoms with van der Waals surface area (Å²) < 4.78 is 5.68. The number of ether oxygens (including phenoxy) is 1. The van der Waals surface area contributed by atoms with Crippen LogP contribution in [-0.4, -0.2) is 21.9 Å². The molecule has 3 rings (SSSR count). The second-order valence-corrected chi connectivity index (χ2v) is 5.66. The molecule has 0 aliphatic rings. The van der Waals surface area contributed by atoms with Gasteiger partial charge in [-0.1, -0.05) is 30.3 Å². The van der Waals surface area contributed by atoms with Crippen LogP contribution in [0.3, 0.4) is 0 Å². The first-order valence-electron chi connectivity index (χ1n) is 8.10. The summed E-state index contributed by atoms with van der Waals surface area (Å²) in [4.78, 5) is 34.4. The molecule has 1 amide bonds. The molecule has 0 heterocycles. The van der Waals surface area contributed by atoms with E-state index in [9.17, 15) is 24.8 Å². The van der Waals surface area contributed by atoms with Crippen LogP contribution in [0.25, 0.3) is 0 Å². The van der Waals surface area contributed by atoms with Gasteiger partial charge in [0.05, 0.1) is 10.5 Å². The highest BCUT2D eigenvalue weighted by Gasteiger charge is 2.27. The molecule has 2 N–H and O–H groups in total. The molecule has 0 atom stereocenters. The lowest BCUT2D eigenvalue weighted by Gasteiger charge is -2.10. The molecule has 0 unspecified atom stereocenters. The van der Waals surface area contributed by atoms with Crippen molar-refractivity contribution in [2.45, 2.75) is 0 Å². The highest BCUT2D eigenvalue weighted by molar-refractivity contribution is 6.13. The first-order chi connectivity index (χ1) is 13.5. The minimum absolute atomic E-state index is 0.299. The number of carboxylic acids is 1. The van der Waals surface area contributed by atoms with E-state index < -0.39 is 33.6 Å². The Balaban J connectivity index is 1.89. The molecule has 0 aliphatic carbocycles. The Hall–Kier alpha value is -4.20. The highest BCUT2D eigenvalue weighted by Crippen LogP contribution is 2.27. The smallest absolute Gasteiger partial charge is 0.336 e. The van der Waals surface area contributed by atoms with E-state index in [4.69, 9.17) is 4.74 Å². The number of anilines is 1. The van der Waals surface area contributed by atoms with Gasteiger partial charge in [0, 0.05) is 17.8 Å². The fourth-order valence-electron chi connectivity index (χ4n) is 2.56. The van der Waals surface area contributed by atoms with Gasteiger partial charge in [0.25, 0.3) is 11.6 Å². The van der Waals surface area contributed by atoms with Crippen molar-refractivity contribution in [2.24, 2.45) is 0 Å². The van der Waals surface area contributed by atoms with Crippen molar-refractivity contribution < 1.29 is 24.4 Å². The van der Waals surface area contributed by atoms with Crippen LogP contribution in [0.15, 0.2) is 72.8 Å². The van der Waals surface area contributed by atoms with Gasteiger partial charge in [0.15, 0.2) is 0 Å². The minimum atomic E-state index is -1.44. The molecule has 0 saturated heterocycles. The Morgan fingerprint density at radius 3 is 2.29 bits per heavy atom. The number of amides is 1. The maximum Gasteiger partial charge on any atom is 0.336 e. The Kier molecular flexibility index (Phi) is 5.31. The van der Waals surface area contributed by atoms with Gasteiger partial charge in [-0.3, -0.25) is 14.9 Å². The zero-order valence-electron chi connectivity index (χ0n) is 14.4. The number of para-hydroxylation sites is 1. The number of aromatic carboxylic acids is 1. The molecule has 3 aromatic carbocycles. The van der Waals surface area contributed by atoms with E-state index >= 15 is 0 Å². The lowest BCUT2D eigenvalue weighted by Crippen LogP contribution is -2.18. The molecule has 8 nitrogen and oxygen atoms in total. The number of hydrogen-bond donors (Lipinski definition) is 2.